The first-order valence-corrected chi connectivity index (χ1v) is 8.63. The van der Waals surface area contributed by atoms with E-state index in [4.69, 9.17) is 25.5 Å². The van der Waals surface area contributed by atoms with Crippen LogP contribution in [0.25, 0.3) is 11.0 Å². The summed E-state index contributed by atoms with van der Waals surface area (Å²) in [5.41, 5.74) is 1.95. The van der Waals surface area contributed by atoms with Crippen LogP contribution in [0.4, 0.5) is 4.79 Å². The molecular weight excluding hydrogens is 346 g/mol. The molecule has 25 heavy (non-hydrogen) atoms. The summed E-state index contributed by atoms with van der Waals surface area (Å²) in [4.78, 5) is 25.6. The molecule has 4 rings (SSSR count). The Labute approximate surface area is 149 Å². The molecule has 0 radical (unpaired) electrons. The Morgan fingerprint density at radius 3 is 2.76 bits per heavy atom. The lowest BCUT2D eigenvalue weighted by Gasteiger charge is -2.36. The lowest BCUT2D eigenvalue weighted by molar-refractivity contribution is -0.133. The van der Waals surface area contributed by atoms with Crippen molar-refractivity contribution in [2.24, 2.45) is 0 Å². The number of ether oxygens (including phenoxy) is 2. The minimum Gasteiger partial charge on any atom is -0.464 e. The van der Waals surface area contributed by atoms with Crippen molar-refractivity contribution < 1.29 is 23.5 Å². The van der Waals surface area contributed by atoms with E-state index in [0.29, 0.717) is 31.0 Å². The molecule has 0 unspecified atom stereocenters. The van der Waals surface area contributed by atoms with Crippen LogP contribution < -0.4 is 0 Å². The Balaban J connectivity index is 1.45. The third-order valence-corrected chi connectivity index (χ3v) is 5.46. The largest absolute Gasteiger partial charge is 0.509 e. The lowest BCUT2D eigenvalue weighted by atomic mass is 9.92. The Morgan fingerprint density at radius 2 is 2.08 bits per heavy atom. The summed E-state index contributed by atoms with van der Waals surface area (Å²) >= 11 is 6.19. The van der Waals surface area contributed by atoms with Crippen molar-refractivity contribution in [2.45, 2.75) is 31.8 Å². The number of aryl methyl sites for hydroxylation is 1. The van der Waals surface area contributed by atoms with Gasteiger partial charge in [0.05, 0.1) is 12.7 Å². The highest BCUT2D eigenvalue weighted by Crippen LogP contribution is 2.32. The monoisotopic (exact) mass is 363 g/mol. The predicted molar refractivity (Wildman–Crippen MR) is 90.6 cm³/mol. The number of carbonyl (C=O) groups excluding carboxylic acids is 2. The van der Waals surface area contributed by atoms with E-state index < -0.39 is 11.8 Å². The van der Waals surface area contributed by atoms with Gasteiger partial charge in [0.15, 0.2) is 5.60 Å². The third kappa shape index (κ3) is 2.95. The number of furan rings is 1. The van der Waals surface area contributed by atoms with Crippen molar-refractivity contribution in [3.8, 4) is 0 Å². The summed E-state index contributed by atoms with van der Waals surface area (Å²) in [6, 6.07) is 3.73. The number of amides is 1. The van der Waals surface area contributed by atoms with Gasteiger partial charge in [-0.3, -0.25) is 4.79 Å². The van der Waals surface area contributed by atoms with Crippen molar-refractivity contribution in [2.75, 3.05) is 19.7 Å². The van der Waals surface area contributed by atoms with Crippen LogP contribution in [0.2, 0.25) is 5.02 Å². The standard InChI is InChI=1S/C18H18ClNO5/c1-11-6-15-13(8-14(11)19)12(9-23-15)7-16(21)20-4-2-18(3-5-20)10-24-17(22)25-18/h6,8-9H,2-5,7,10H2,1H3. The smallest absolute Gasteiger partial charge is 0.464 e. The number of rotatable bonds is 2. The van der Waals surface area contributed by atoms with E-state index in [-0.39, 0.29) is 18.9 Å². The van der Waals surface area contributed by atoms with E-state index in [9.17, 15) is 9.59 Å². The number of hydrogen-bond acceptors (Lipinski definition) is 5. The summed E-state index contributed by atoms with van der Waals surface area (Å²) in [5, 5.41) is 1.53. The molecule has 1 amide bonds. The molecule has 0 N–H and O–H groups in total. The van der Waals surface area contributed by atoms with E-state index in [2.05, 4.69) is 0 Å². The normalized spacial score (nSPS) is 19.3. The fraction of sp³-hybridized carbons (Fsp3) is 0.444. The molecule has 2 aliphatic heterocycles. The minimum atomic E-state index is -0.614. The number of hydrogen-bond donors (Lipinski definition) is 0. The second-order valence-electron chi connectivity index (χ2n) is 6.74. The zero-order valence-electron chi connectivity index (χ0n) is 13.8. The fourth-order valence-electron chi connectivity index (χ4n) is 3.45. The number of likely N-dealkylation sites (tertiary alicyclic amines) is 1. The van der Waals surface area contributed by atoms with Gasteiger partial charge in [0.2, 0.25) is 5.91 Å². The molecule has 2 aliphatic rings. The number of piperidine rings is 1. The van der Waals surface area contributed by atoms with Crippen molar-refractivity contribution in [3.63, 3.8) is 0 Å². The van der Waals surface area contributed by atoms with Gasteiger partial charge in [0, 0.05) is 41.9 Å². The van der Waals surface area contributed by atoms with E-state index in [1.54, 1.807) is 11.2 Å². The van der Waals surface area contributed by atoms with Crippen molar-refractivity contribution in [1.82, 2.24) is 4.90 Å². The maximum atomic E-state index is 12.6. The second-order valence-corrected chi connectivity index (χ2v) is 7.15. The molecule has 0 saturated carbocycles. The summed E-state index contributed by atoms with van der Waals surface area (Å²) in [6.45, 7) is 3.28. The Hall–Kier alpha value is -2.21. The SMILES string of the molecule is Cc1cc2occ(CC(=O)N3CCC4(CC3)COC(=O)O4)c2cc1Cl. The topological polar surface area (TPSA) is 69.0 Å². The van der Waals surface area contributed by atoms with Crippen LogP contribution in [0.15, 0.2) is 22.8 Å². The van der Waals surface area contributed by atoms with Crippen LogP contribution in [-0.4, -0.2) is 42.3 Å². The van der Waals surface area contributed by atoms with Gasteiger partial charge >= 0.3 is 6.16 Å². The summed E-state index contributed by atoms with van der Waals surface area (Å²) in [6.07, 6.45) is 2.46. The Kier molecular flexibility index (Phi) is 3.87. The first-order valence-electron chi connectivity index (χ1n) is 8.26. The summed E-state index contributed by atoms with van der Waals surface area (Å²) in [7, 11) is 0. The first kappa shape index (κ1) is 16.3. The number of fused-ring (bicyclic) bond motifs is 1. The number of benzene rings is 1. The van der Waals surface area contributed by atoms with Crippen molar-refractivity contribution in [1.29, 1.82) is 0 Å². The highest BCUT2D eigenvalue weighted by Gasteiger charge is 2.45. The van der Waals surface area contributed by atoms with E-state index in [1.807, 2.05) is 19.1 Å². The van der Waals surface area contributed by atoms with Crippen LogP contribution in [0.1, 0.15) is 24.0 Å². The molecule has 2 saturated heterocycles. The quantitative estimate of drug-likeness (QED) is 0.764. The van der Waals surface area contributed by atoms with Crippen LogP contribution in [0.5, 0.6) is 0 Å². The van der Waals surface area contributed by atoms with Crippen molar-refractivity contribution >= 4 is 34.6 Å². The second kappa shape index (κ2) is 5.95. The molecule has 0 bridgehead atoms. The molecule has 2 fully saturated rings. The lowest BCUT2D eigenvalue weighted by Crippen LogP contribution is -2.48. The van der Waals surface area contributed by atoms with Gasteiger partial charge in [0.1, 0.15) is 12.2 Å². The van der Waals surface area contributed by atoms with Gasteiger partial charge in [-0.05, 0) is 24.6 Å². The predicted octanol–water partition coefficient (Wildman–Crippen LogP) is 3.47. The molecule has 1 aromatic heterocycles. The summed E-state index contributed by atoms with van der Waals surface area (Å²) in [5.74, 6) is 0.0273. The van der Waals surface area contributed by atoms with Crippen LogP contribution in [-0.2, 0) is 20.7 Å². The van der Waals surface area contributed by atoms with Crippen LogP contribution in [0, 0.1) is 6.92 Å². The van der Waals surface area contributed by atoms with E-state index in [0.717, 1.165) is 22.1 Å². The summed E-state index contributed by atoms with van der Waals surface area (Å²) < 4.78 is 15.7. The maximum Gasteiger partial charge on any atom is 0.509 e. The zero-order chi connectivity index (χ0) is 17.6. The molecule has 132 valence electrons. The fourth-order valence-corrected chi connectivity index (χ4v) is 3.61. The van der Waals surface area contributed by atoms with Gasteiger partial charge in [-0.15, -0.1) is 0 Å². The Morgan fingerprint density at radius 1 is 1.32 bits per heavy atom. The van der Waals surface area contributed by atoms with Gasteiger partial charge in [-0.1, -0.05) is 11.6 Å². The van der Waals surface area contributed by atoms with Gasteiger partial charge < -0.3 is 18.8 Å². The number of cyclic esters (lactones) is 1. The minimum absolute atomic E-state index is 0.0273. The molecule has 1 aromatic carbocycles. The van der Waals surface area contributed by atoms with Gasteiger partial charge in [-0.25, -0.2) is 4.79 Å². The van der Waals surface area contributed by atoms with Gasteiger partial charge in [0.25, 0.3) is 0 Å². The van der Waals surface area contributed by atoms with Gasteiger partial charge in [-0.2, -0.15) is 0 Å². The molecule has 7 heteroatoms. The molecule has 0 aliphatic carbocycles. The molecule has 2 aromatic rings. The number of halogens is 1. The highest BCUT2D eigenvalue weighted by atomic mass is 35.5. The average molecular weight is 364 g/mol. The molecule has 3 heterocycles. The third-order valence-electron chi connectivity index (χ3n) is 5.06. The first-order chi connectivity index (χ1) is 12.0. The molecular formula is C18H18ClNO5. The number of nitrogens with zero attached hydrogens (tertiary/aromatic N) is 1. The van der Waals surface area contributed by atoms with Crippen LogP contribution in [0.3, 0.4) is 0 Å². The highest BCUT2D eigenvalue weighted by molar-refractivity contribution is 6.32. The average Bonchev–Trinajstić information content (AvgIpc) is 3.13. The van der Waals surface area contributed by atoms with E-state index >= 15 is 0 Å². The molecule has 0 atom stereocenters. The maximum absolute atomic E-state index is 12.6. The zero-order valence-corrected chi connectivity index (χ0v) is 14.6. The molecule has 1 spiro atoms. The number of carbonyl (C=O) groups is 2. The van der Waals surface area contributed by atoms with Crippen LogP contribution >= 0.6 is 11.6 Å². The van der Waals surface area contributed by atoms with E-state index in [1.165, 1.54) is 0 Å². The van der Waals surface area contributed by atoms with Crippen molar-refractivity contribution in [3.05, 3.63) is 34.5 Å². The molecule has 6 nitrogen and oxygen atoms in total. The Bertz CT molecular complexity index is 851.